The number of rotatable bonds is 7. The Labute approximate surface area is 151 Å². The first-order valence-electron chi connectivity index (χ1n) is 9.66. The third-order valence-corrected chi connectivity index (χ3v) is 6.18. The van der Waals surface area contributed by atoms with E-state index in [0.29, 0.717) is 6.61 Å². The van der Waals surface area contributed by atoms with Crippen molar-refractivity contribution in [3.8, 4) is 0 Å². The predicted molar refractivity (Wildman–Crippen MR) is 102 cm³/mol. The van der Waals surface area contributed by atoms with Crippen LogP contribution in [0.5, 0.6) is 0 Å². The molecule has 0 spiro atoms. The van der Waals surface area contributed by atoms with Gasteiger partial charge in [-0.3, -0.25) is 4.79 Å². The monoisotopic (exact) mass is 340 g/mol. The summed E-state index contributed by atoms with van der Waals surface area (Å²) in [6.07, 6.45) is 6.36. The zero-order valence-electron chi connectivity index (χ0n) is 15.8. The number of carbonyl (C=O) groups is 1. The quantitative estimate of drug-likeness (QED) is 0.546. The number of hydrogen-bond acceptors (Lipinski definition) is 2. The molecular formula is C22H30NO2+. The van der Waals surface area contributed by atoms with E-state index in [1.54, 1.807) is 0 Å². The van der Waals surface area contributed by atoms with Crippen LogP contribution in [0.25, 0.3) is 5.57 Å². The van der Waals surface area contributed by atoms with E-state index in [4.69, 9.17) is 4.74 Å². The third kappa shape index (κ3) is 3.30. The summed E-state index contributed by atoms with van der Waals surface area (Å²) in [6, 6.07) is 8.28. The number of benzene rings is 1. The Bertz CT molecular complexity index is 689. The zero-order valence-corrected chi connectivity index (χ0v) is 15.8. The Morgan fingerprint density at radius 1 is 1.16 bits per heavy atom. The lowest BCUT2D eigenvalue weighted by Gasteiger charge is -2.35. The van der Waals surface area contributed by atoms with Gasteiger partial charge < -0.3 is 9.22 Å². The first kappa shape index (κ1) is 17.9. The topological polar surface area (TPSA) is 26.3 Å². The van der Waals surface area contributed by atoms with Crippen molar-refractivity contribution < 1.29 is 14.0 Å². The minimum Gasteiger partial charge on any atom is -0.459 e. The first-order valence-corrected chi connectivity index (χ1v) is 9.66. The zero-order chi connectivity index (χ0) is 17.9. The van der Waals surface area contributed by atoms with Crippen LogP contribution in [-0.4, -0.2) is 43.2 Å². The van der Waals surface area contributed by atoms with Gasteiger partial charge in [-0.2, -0.15) is 0 Å². The molecule has 2 aliphatic rings. The Morgan fingerprint density at radius 2 is 1.88 bits per heavy atom. The molecule has 2 aliphatic carbocycles. The van der Waals surface area contributed by atoms with Gasteiger partial charge in [0.15, 0.2) is 0 Å². The Balaban J connectivity index is 1.74. The van der Waals surface area contributed by atoms with E-state index in [1.807, 2.05) is 6.07 Å². The van der Waals surface area contributed by atoms with Gasteiger partial charge in [0.05, 0.1) is 19.6 Å². The number of likely N-dealkylation sites (N-methyl/N-ethyl adjacent to an activating group) is 1. The van der Waals surface area contributed by atoms with Gasteiger partial charge in [-0.15, -0.1) is 0 Å². The summed E-state index contributed by atoms with van der Waals surface area (Å²) in [4.78, 5) is 12.9. The maximum atomic E-state index is 12.9. The fourth-order valence-corrected chi connectivity index (χ4v) is 4.26. The molecule has 0 heterocycles. The van der Waals surface area contributed by atoms with E-state index in [9.17, 15) is 4.79 Å². The fraction of sp³-hybridized carbons (Fsp3) is 0.500. The number of fused-ring (bicyclic) bond motifs is 2. The largest absolute Gasteiger partial charge is 0.459 e. The van der Waals surface area contributed by atoms with Crippen molar-refractivity contribution >= 4 is 11.5 Å². The molecule has 0 N–H and O–H groups in total. The summed E-state index contributed by atoms with van der Waals surface area (Å²) in [5.41, 5.74) is 4.81. The van der Waals surface area contributed by atoms with Gasteiger partial charge >= 0.3 is 5.97 Å². The molecule has 1 atom stereocenters. The summed E-state index contributed by atoms with van der Waals surface area (Å²) >= 11 is 0. The molecular weight excluding hydrogens is 310 g/mol. The van der Waals surface area contributed by atoms with Crippen molar-refractivity contribution in [3.05, 3.63) is 53.1 Å². The van der Waals surface area contributed by atoms with Crippen LogP contribution >= 0.6 is 0 Å². The van der Waals surface area contributed by atoms with E-state index in [1.165, 1.54) is 16.7 Å². The molecule has 0 saturated heterocycles. The van der Waals surface area contributed by atoms with Crippen LogP contribution in [0.4, 0.5) is 0 Å². The highest BCUT2D eigenvalue weighted by Gasteiger charge is 2.36. The molecule has 3 nitrogen and oxygen atoms in total. The van der Waals surface area contributed by atoms with Gasteiger partial charge in [-0.25, -0.2) is 0 Å². The van der Waals surface area contributed by atoms with Crippen LogP contribution < -0.4 is 0 Å². The van der Waals surface area contributed by atoms with Gasteiger partial charge in [-0.1, -0.05) is 36.4 Å². The van der Waals surface area contributed by atoms with Crippen LogP contribution in [0.3, 0.4) is 0 Å². The second-order valence-electron chi connectivity index (χ2n) is 7.08. The maximum absolute atomic E-state index is 12.9. The molecule has 134 valence electrons. The Kier molecular flexibility index (Phi) is 5.43. The number of quaternary nitrogens is 1. The minimum absolute atomic E-state index is 0.0749. The molecule has 0 bridgehead atoms. The van der Waals surface area contributed by atoms with Gasteiger partial charge in [-0.05, 0) is 55.9 Å². The van der Waals surface area contributed by atoms with E-state index in [0.717, 1.165) is 49.1 Å². The van der Waals surface area contributed by atoms with E-state index in [2.05, 4.69) is 51.1 Å². The van der Waals surface area contributed by atoms with Crippen LogP contribution in [0.1, 0.15) is 50.7 Å². The van der Waals surface area contributed by atoms with Gasteiger partial charge in [0.1, 0.15) is 19.1 Å². The number of ether oxygens (including phenoxy) is 1. The second kappa shape index (κ2) is 7.57. The fourth-order valence-electron chi connectivity index (χ4n) is 4.26. The SMILES string of the molecule is CC[N+](CC)(CC)CCOC(=O)C1C2=C(C=CCC2)c2ccccc21. The van der Waals surface area contributed by atoms with Gasteiger partial charge in [0.25, 0.3) is 0 Å². The molecule has 0 aromatic heterocycles. The highest BCUT2D eigenvalue weighted by atomic mass is 16.5. The summed E-state index contributed by atoms with van der Waals surface area (Å²) in [5, 5.41) is 0. The summed E-state index contributed by atoms with van der Waals surface area (Å²) in [5.74, 6) is -0.280. The van der Waals surface area contributed by atoms with Crippen LogP contribution in [0, 0.1) is 0 Å². The molecule has 0 fully saturated rings. The lowest BCUT2D eigenvalue weighted by atomic mass is 9.91. The van der Waals surface area contributed by atoms with Crippen molar-refractivity contribution in [1.29, 1.82) is 0 Å². The highest BCUT2D eigenvalue weighted by molar-refractivity contribution is 5.95. The predicted octanol–water partition coefficient (Wildman–Crippen LogP) is 4.31. The highest BCUT2D eigenvalue weighted by Crippen LogP contribution is 2.46. The van der Waals surface area contributed by atoms with E-state index in [-0.39, 0.29) is 11.9 Å². The second-order valence-corrected chi connectivity index (χ2v) is 7.08. The van der Waals surface area contributed by atoms with Gasteiger partial charge in [0.2, 0.25) is 0 Å². The molecule has 0 aliphatic heterocycles. The number of allylic oxidation sites excluding steroid dienone is 3. The molecule has 3 heteroatoms. The number of esters is 1. The van der Waals surface area contributed by atoms with Crippen molar-refractivity contribution in [2.24, 2.45) is 0 Å². The Morgan fingerprint density at radius 3 is 2.60 bits per heavy atom. The minimum atomic E-state index is -0.206. The average molecular weight is 340 g/mol. The maximum Gasteiger partial charge on any atom is 0.317 e. The standard InChI is InChI=1S/C22H30NO2/c1-4-23(5-2,6-3)15-16-25-22(24)21-19-13-9-7-11-17(19)18-12-8-10-14-20(18)21/h7-9,11-13,21H,4-6,10,14-16H2,1-3H3/q+1. The lowest BCUT2D eigenvalue weighted by molar-refractivity contribution is -0.923. The average Bonchev–Trinajstić information content (AvgIpc) is 3.00. The smallest absolute Gasteiger partial charge is 0.317 e. The number of nitrogens with zero attached hydrogens (tertiary/aromatic N) is 1. The normalized spacial score (nSPS) is 18.9. The lowest BCUT2D eigenvalue weighted by Crippen LogP contribution is -2.49. The summed E-state index contributed by atoms with van der Waals surface area (Å²) in [6.45, 7) is 11.3. The first-order chi connectivity index (χ1) is 12.2. The van der Waals surface area contributed by atoms with Crippen LogP contribution in [0.2, 0.25) is 0 Å². The molecule has 0 amide bonds. The van der Waals surface area contributed by atoms with Crippen molar-refractivity contribution in [2.75, 3.05) is 32.8 Å². The van der Waals surface area contributed by atoms with E-state index < -0.39 is 0 Å². The third-order valence-electron chi connectivity index (χ3n) is 6.18. The number of carbonyl (C=O) groups excluding carboxylic acids is 1. The molecule has 0 radical (unpaired) electrons. The van der Waals surface area contributed by atoms with Crippen molar-refractivity contribution in [3.63, 3.8) is 0 Å². The van der Waals surface area contributed by atoms with Crippen molar-refractivity contribution in [2.45, 2.75) is 39.5 Å². The molecule has 1 unspecified atom stereocenters. The molecule has 3 rings (SSSR count). The van der Waals surface area contributed by atoms with E-state index >= 15 is 0 Å². The van der Waals surface area contributed by atoms with Crippen LogP contribution in [0.15, 0.2) is 42.0 Å². The molecule has 0 saturated carbocycles. The summed E-state index contributed by atoms with van der Waals surface area (Å²) in [7, 11) is 0. The Hall–Kier alpha value is -1.87. The van der Waals surface area contributed by atoms with Gasteiger partial charge in [0, 0.05) is 0 Å². The van der Waals surface area contributed by atoms with Crippen LogP contribution in [-0.2, 0) is 9.53 Å². The molecule has 1 aromatic carbocycles. The van der Waals surface area contributed by atoms with Crippen molar-refractivity contribution in [1.82, 2.24) is 0 Å². The number of hydrogen-bond donors (Lipinski definition) is 0. The molecule has 25 heavy (non-hydrogen) atoms. The molecule has 1 aromatic rings. The summed E-state index contributed by atoms with van der Waals surface area (Å²) < 4.78 is 6.79.